The molecular formula is C17H21N3O3. The number of rotatable bonds is 6. The van der Waals surface area contributed by atoms with Gasteiger partial charge in [0.1, 0.15) is 12.3 Å². The minimum atomic E-state index is -1.01. The van der Waals surface area contributed by atoms with Crippen LogP contribution in [0.25, 0.3) is 0 Å². The number of hydrogen-bond acceptors (Lipinski definition) is 6. The van der Waals surface area contributed by atoms with Crippen molar-refractivity contribution in [1.29, 1.82) is 0 Å². The second kappa shape index (κ2) is 7.62. The Bertz CT molecular complexity index is 641. The molecule has 0 aliphatic heterocycles. The number of nitrogens with two attached hydrogens (primary N) is 2. The van der Waals surface area contributed by atoms with Crippen molar-refractivity contribution in [2.24, 2.45) is 0 Å². The average molecular weight is 315 g/mol. The summed E-state index contributed by atoms with van der Waals surface area (Å²) in [6, 6.07) is 13.3. The molecule has 0 heterocycles. The third kappa shape index (κ3) is 4.70. The molecule has 2 aromatic carbocycles. The summed E-state index contributed by atoms with van der Waals surface area (Å²) >= 11 is 0. The van der Waals surface area contributed by atoms with Crippen LogP contribution >= 0.6 is 0 Å². The summed E-state index contributed by atoms with van der Waals surface area (Å²) in [5.74, 6) is -0.448. The molecule has 6 nitrogen and oxygen atoms in total. The summed E-state index contributed by atoms with van der Waals surface area (Å²) in [5, 5.41) is 13.1. The third-order valence-electron chi connectivity index (χ3n) is 3.52. The van der Waals surface area contributed by atoms with Crippen LogP contribution < -0.4 is 16.8 Å². The highest BCUT2D eigenvalue weighted by atomic mass is 16.5. The molecule has 6 N–H and O–H groups in total. The van der Waals surface area contributed by atoms with E-state index in [1.165, 1.54) is 7.11 Å². The maximum atomic E-state index is 12.0. The summed E-state index contributed by atoms with van der Waals surface area (Å²) < 4.78 is 4.81. The lowest BCUT2D eigenvalue weighted by Crippen LogP contribution is -2.41. The van der Waals surface area contributed by atoms with Crippen LogP contribution in [0, 0.1) is 0 Å². The van der Waals surface area contributed by atoms with E-state index in [0.717, 1.165) is 5.56 Å². The molecule has 0 saturated heterocycles. The number of nitrogen functional groups attached to an aromatic ring is 2. The number of ether oxygens (including phenoxy) is 1. The molecule has 2 unspecified atom stereocenters. The number of carbonyl (C=O) groups is 1. The molecule has 0 aliphatic rings. The summed E-state index contributed by atoms with van der Waals surface area (Å²) in [6.45, 7) is 0. The molecule has 6 heteroatoms. The van der Waals surface area contributed by atoms with Gasteiger partial charge in [-0.05, 0) is 41.8 Å². The molecule has 0 aromatic heterocycles. The number of nitrogens with one attached hydrogen (secondary N) is 1. The van der Waals surface area contributed by atoms with Crippen LogP contribution in [0.1, 0.15) is 17.4 Å². The fourth-order valence-corrected chi connectivity index (χ4v) is 2.21. The number of aliphatic hydroxyl groups excluding tert-OH is 1. The molecule has 23 heavy (non-hydrogen) atoms. The zero-order valence-electron chi connectivity index (χ0n) is 12.9. The van der Waals surface area contributed by atoms with Crippen molar-refractivity contribution in [3.05, 3.63) is 59.7 Å². The Morgan fingerprint density at radius 3 is 2.13 bits per heavy atom. The largest absolute Gasteiger partial charge is 0.468 e. The SMILES string of the molecule is COC(=O)C(Cc1ccc(N)cc1)NC(O)c1ccc(N)cc1. The van der Waals surface area contributed by atoms with E-state index in [0.29, 0.717) is 23.4 Å². The van der Waals surface area contributed by atoms with E-state index in [1.54, 1.807) is 36.4 Å². The van der Waals surface area contributed by atoms with Gasteiger partial charge < -0.3 is 21.3 Å². The molecule has 0 fully saturated rings. The Balaban J connectivity index is 2.10. The highest BCUT2D eigenvalue weighted by Crippen LogP contribution is 2.15. The van der Waals surface area contributed by atoms with Crippen molar-refractivity contribution in [2.75, 3.05) is 18.6 Å². The molecule has 0 bridgehead atoms. The maximum absolute atomic E-state index is 12.0. The molecule has 0 spiro atoms. The topological polar surface area (TPSA) is 111 Å². The van der Waals surface area contributed by atoms with Gasteiger partial charge in [0, 0.05) is 11.4 Å². The molecule has 0 saturated carbocycles. The molecule has 2 atom stereocenters. The highest BCUT2D eigenvalue weighted by molar-refractivity contribution is 5.76. The standard InChI is InChI=1S/C17H21N3O3/c1-23-17(22)15(10-11-2-6-13(18)7-3-11)20-16(21)12-4-8-14(19)9-5-12/h2-9,15-16,20-21H,10,18-19H2,1H3. The number of aliphatic hydroxyl groups is 1. The van der Waals surface area contributed by atoms with Crippen molar-refractivity contribution in [2.45, 2.75) is 18.7 Å². The predicted molar refractivity (Wildman–Crippen MR) is 89.3 cm³/mol. The number of benzene rings is 2. The maximum Gasteiger partial charge on any atom is 0.323 e. The van der Waals surface area contributed by atoms with Gasteiger partial charge >= 0.3 is 5.97 Å². The minimum absolute atomic E-state index is 0.374. The normalized spacial score (nSPS) is 13.3. The number of esters is 1. The Labute approximate surface area is 135 Å². The summed E-state index contributed by atoms with van der Waals surface area (Å²) in [4.78, 5) is 12.0. The fourth-order valence-electron chi connectivity index (χ4n) is 2.21. The van der Waals surface area contributed by atoms with E-state index in [-0.39, 0.29) is 0 Å². The van der Waals surface area contributed by atoms with Crippen molar-refractivity contribution < 1.29 is 14.6 Å². The summed E-state index contributed by atoms with van der Waals surface area (Å²) in [6.07, 6.45) is -0.632. The third-order valence-corrected chi connectivity index (χ3v) is 3.52. The van der Waals surface area contributed by atoms with Gasteiger partial charge in [-0.2, -0.15) is 0 Å². The van der Waals surface area contributed by atoms with Crippen LogP contribution in [0.3, 0.4) is 0 Å². The highest BCUT2D eigenvalue weighted by Gasteiger charge is 2.23. The number of anilines is 2. The molecular weight excluding hydrogens is 294 g/mol. The monoisotopic (exact) mass is 315 g/mol. The summed E-state index contributed by atoms with van der Waals surface area (Å²) in [5.41, 5.74) is 14.1. The van der Waals surface area contributed by atoms with Gasteiger partial charge in [0.05, 0.1) is 7.11 Å². The number of carbonyl (C=O) groups excluding carboxylic acids is 1. The number of hydrogen-bond donors (Lipinski definition) is 4. The lowest BCUT2D eigenvalue weighted by molar-refractivity contribution is -0.144. The zero-order valence-corrected chi connectivity index (χ0v) is 12.9. The van der Waals surface area contributed by atoms with E-state index >= 15 is 0 Å². The first-order valence-electron chi connectivity index (χ1n) is 7.21. The van der Waals surface area contributed by atoms with Gasteiger partial charge in [0.15, 0.2) is 0 Å². The van der Waals surface area contributed by atoms with Crippen molar-refractivity contribution in [3.63, 3.8) is 0 Å². The Morgan fingerprint density at radius 1 is 1.09 bits per heavy atom. The van der Waals surface area contributed by atoms with E-state index in [4.69, 9.17) is 16.2 Å². The Morgan fingerprint density at radius 2 is 1.61 bits per heavy atom. The quantitative estimate of drug-likeness (QED) is 0.362. The molecule has 0 radical (unpaired) electrons. The van der Waals surface area contributed by atoms with Gasteiger partial charge in [-0.25, -0.2) is 0 Å². The lowest BCUT2D eigenvalue weighted by Gasteiger charge is -2.21. The second-order valence-corrected chi connectivity index (χ2v) is 5.26. The molecule has 122 valence electrons. The molecule has 0 aliphatic carbocycles. The van der Waals surface area contributed by atoms with Crippen LogP contribution in [0.4, 0.5) is 11.4 Å². The Hall–Kier alpha value is -2.57. The van der Waals surface area contributed by atoms with Crippen LogP contribution in [0.2, 0.25) is 0 Å². The second-order valence-electron chi connectivity index (χ2n) is 5.26. The van der Waals surface area contributed by atoms with Gasteiger partial charge in [-0.1, -0.05) is 24.3 Å². The first-order valence-corrected chi connectivity index (χ1v) is 7.21. The number of methoxy groups -OCH3 is 1. The smallest absolute Gasteiger partial charge is 0.323 e. The first-order chi connectivity index (χ1) is 11.0. The first kappa shape index (κ1) is 16.8. The minimum Gasteiger partial charge on any atom is -0.468 e. The summed E-state index contributed by atoms with van der Waals surface area (Å²) in [7, 11) is 1.32. The van der Waals surface area contributed by atoms with Crippen LogP contribution in [0.5, 0.6) is 0 Å². The van der Waals surface area contributed by atoms with Gasteiger partial charge in [-0.15, -0.1) is 0 Å². The van der Waals surface area contributed by atoms with E-state index in [1.807, 2.05) is 12.1 Å². The molecule has 2 aromatic rings. The van der Waals surface area contributed by atoms with E-state index in [9.17, 15) is 9.90 Å². The predicted octanol–water partition coefficient (Wildman–Crippen LogP) is 1.22. The zero-order chi connectivity index (χ0) is 16.8. The van der Waals surface area contributed by atoms with Gasteiger partial charge in [-0.3, -0.25) is 10.1 Å². The van der Waals surface area contributed by atoms with E-state index in [2.05, 4.69) is 5.32 Å². The van der Waals surface area contributed by atoms with Crippen molar-refractivity contribution in [1.82, 2.24) is 5.32 Å². The lowest BCUT2D eigenvalue weighted by atomic mass is 10.0. The molecule has 0 amide bonds. The molecule has 2 rings (SSSR count). The van der Waals surface area contributed by atoms with Crippen LogP contribution in [-0.2, 0) is 16.0 Å². The van der Waals surface area contributed by atoms with Gasteiger partial charge in [0.2, 0.25) is 0 Å². The van der Waals surface area contributed by atoms with Crippen LogP contribution in [-0.4, -0.2) is 24.2 Å². The Kier molecular flexibility index (Phi) is 5.56. The van der Waals surface area contributed by atoms with Gasteiger partial charge in [0.25, 0.3) is 0 Å². The van der Waals surface area contributed by atoms with E-state index < -0.39 is 18.2 Å². The fraction of sp³-hybridized carbons (Fsp3) is 0.235. The van der Waals surface area contributed by atoms with Crippen molar-refractivity contribution in [3.8, 4) is 0 Å². The average Bonchev–Trinajstić information content (AvgIpc) is 2.56. The van der Waals surface area contributed by atoms with Crippen LogP contribution in [0.15, 0.2) is 48.5 Å². The van der Waals surface area contributed by atoms with Crippen molar-refractivity contribution >= 4 is 17.3 Å².